The molecule has 1 fully saturated rings. The molecule has 1 saturated heterocycles. The van der Waals surface area contributed by atoms with E-state index in [0.29, 0.717) is 23.8 Å². The molecule has 0 saturated carbocycles. The Kier molecular flexibility index (Phi) is 4.45. The van der Waals surface area contributed by atoms with Crippen molar-refractivity contribution in [2.45, 2.75) is 13.3 Å². The van der Waals surface area contributed by atoms with Crippen LogP contribution in [0.15, 0.2) is 24.3 Å². The summed E-state index contributed by atoms with van der Waals surface area (Å²) < 4.78 is 0. The van der Waals surface area contributed by atoms with Crippen LogP contribution in [0.1, 0.15) is 13.3 Å². The Morgan fingerprint density at radius 1 is 1.53 bits per heavy atom. The number of hydrogen-bond acceptors (Lipinski definition) is 3. The summed E-state index contributed by atoms with van der Waals surface area (Å²) >= 11 is 6.01. The van der Waals surface area contributed by atoms with E-state index in [0.717, 1.165) is 19.5 Å². The third kappa shape index (κ3) is 3.69. The van der Waals surface area contributed by atoms with E-state index in [-0.39, 0.29) is 11.3 Å². The van der Waals surface area contributed by atoms with Crippen molar-refractivity contribution in [2.24, 2.45) is 11.1 Å². The Hall–Kier alpha value is -1.10. The molecule has 1 aromatic carbocycles. The minimum atomic E-state index is -0.0330. The number of halogens is 1. The van der Waals surface area contributed by atoms with Gasteiger partial charge in [-0.15, -0.1) is 0 Å². The number of rotatable bonds is 4. The molecule has 3 N–H and O–H groups in total. The molecule has 0 spiro atoms. The van der Waals surface area contributed by atoms with Crippen molar-refractivity contribution < 1.29 is 4.79 Å². The van der Waals surface area contributed by atoms with Crippen molar-refractivity contribution >= 4 is 23.2 Å². The molecule has 2 rings (SSSR count). The van der Waals surface area contributed by atoms with Crippen LogP contribution in [-0.4, -0.2) is 37.0 Å². The van der Waals surface area contributed by atoms with E-state index in [4.69, 9.17) is 17.3 Å². The van der Waals surface area contributed by atoms with E-state index < -0.39 is 0 Å². The first-order valence-electron chi connectivity index (χ1n) is 6.49. The van der Waals surface area contributed by atoms with Gasteiger partial charge in [-0.1, -0.05) is 30.7 Å². The summed E-state index contributed by atoms with van der Waals surface area (Å²) in [5, 5.41) is 3.40. The van der Waals surface area contributed by atoms with Gasteiger partial charge in [0.1, 0.15) is 0 Å². The molecule has 19 heavy (non-hydrogen) atoms. The molecular weight excluding hydrogens is 262 g/mol. The van der Waals surface area contributed by atoms with Gasteiger partial charge in [-0.05, 0) is 37.1 Å². The molecule has 1 atom stereocenters. The lowest BCUT2D eigenvalue weighted by atomic mass is 9.90. The first kappa shape index (κ1) is 14.3. The predicted molar refractivity (Wildman–Crippen MR) is 78.3 cm³/mol. The van der Waals surface area contributed by atoms with Crippen LogP contribution >= 0.6 is 11.6 Å². The second kappa shape index (κ2) is 5.90. The fraction of sp³-hybridized carbons (Fsp3) is 0.500. The maximum absolute atomic E-state index is 12.0. The molecule has 1 aromatic rings. The molecule has 0 bridgehead atoms. The molecular formula is C14H20ClN3O. The van der Waals surface area contributed by atoms with E-state index in [1.165, 1.54) is 0 Å². The number of carbonyl (C=O) groups is 1. The van der Waals surface area contributed by atoms with E-state index >= 15 is 0 Å². The number of benzene rings is 1. The van der Waals surface area contributed by atoms with Crippen molar-refractivity contribution in [1.82, 2.24) is 4.90 Å². The fourth-order valence-corrected chi connectivity index (χ4v) is 2.57. The summed E-state index contributed by atoms with van der Waals surface area (Å²) in [5.74, 6) is -0.0330. The van der Waals surface area contributed by atoms with Crippen molar-refractivity contribution in [3.63, 3.8) is 0 Å². The molecule has 4 nitrogen and oxygen atoms in total. The standard InChI is InChI=1S/C14H20ClN3O/c1-14(9-16)6-7-18(10-14)8-13(19)17-12-5-3-2-4-11(12)15/h2-5H,6-10,16H2,1H3,(H,17,19). The van der Waals surface area contributed by atoms with Gasteiger partial charge in [-0.25, -0.2) is 0 Å². The molecule has 0 radical (unpaired) electrons. The monoisotopic (exact) mass is 281 g/mol. The topological polar surface area (TPSA) is 58.4 Å². The number of amides is 1. The first-order chi connectivity index (χ1) is 9.02. The summed E-state index contributed by atoms with van der Waals surface area (Å²) in [6.45, 7) is 5.01. The average Bonchev–Trinajstić information content (AvgIpc) is 2.74. The van der Waals surface area contributed by atoms with E-state index in [9.17, 15) is 4.79 Å². The van der Waals surface area contributed by atoms with Gasteiger partial charge in [0.2, 0.25) is 5.91 Å². The molecule has 1 amide bonds. The van der Waals surface area contributed by atoms with Crippen LogP contribution in [0.5, 0.6) is 0 Å². The number of nitrogens with two attached hydrogens (primary N) is 1. The predicted octanol–water partition coefficient (Wildman–Crippen LogP) is 1.95. The fourth-order valence-electron chi connectivity index (χ4n) is 2.38. The Balaban J connectivity index is 1.88. The number of para-hydroxylation sites is 1. The second-order valence-electron chi connectivity index (χ2n) is 5.50. The van der Waals surface area contributed by atoms with E-state index in [1.54, 1.807) is 12.1 Å². The van der Waals surface area contributed by atoms with Gasteiger partial charge < -0.3 is 11.1 Å². The summed E-state index contributed by atoms with van der Waals surface area (Å²) in [4.78, 5) is 14.1. The summed E-state index contributed by atoms with van der Waals surface area (Å²) in [5.41, 5.74) is 6.57. The number of nitrogens with one attached hydrogen (secondary N) is 1. The minimum absolute atomic E-state index is 0.0330. The van der Waals surface area contributed by atoms with Gasteiger partial charge in [0.25, 0.3) is 0 Å². The number of anilines is 1. The Bertz CT molecular complexity index is 466. The Morgan fingerprint density at radius 3 is 2.89 bits per heavy atom. The van der Waals surface area contributed by atoms with Crippen LogP contribution in [0.3, 0.4) is 0 Å². The zero-order valence-electron chi connectivity index (χ0n) is 11.2. The van der Waals surface area contributed by atoms with Crippen LogP contribution in [0.2, 0.25) is 5.02 Å². The van der Waals surface area contributed by atoms with Crippen LogP contribution in [0.25, 0.3) is 0 Å². The zero-order chi connectivity index (χ0) is 13.9. The lowest BCUT2D eigenvalue weighted by molar-refractivity contribution is -0.117. The summed E-state index contributed by atoms with van der Waals surface area (Å²) in [7, 11) is 0. The van der Waals surface area contributed by atoms with Gasteiger partial charge in [-0.2, -0.15) is 0 Å². The van der Waals surface area contributed by atoms with Gasteiger partial charge in [0.05, 0.1) is 17.3 Å². The van der Waals surface area contributed by atoms with Crippen molar-refractivity contribution in [3.05, 3.63) is 29.3 Å². The van der Waals surface area contributed by atoms with Gasteiger partial charge >= 0.3 is 0 Å². The third-order valence-corrected chi connectivity index (χ3v) is 3.97. The largest absolute Gasteiger partial charge is 0.330 e. The van der Waals surface area contributed by atoms with Crippen molar-refractivity contribution in [3.8, 4) is 0 Å². The van der Waals surface area contributed by atoms with Crippen LogP contribution in [0, 0.1) is 5.41 Å². The SMILES string of the molecule is CC1(CN)CCN(CC(=O)Nc2ccccc2Cl)C1. The number of likely N-dealkylation sites (tertiary alicyclic amines) is 1. The normalized spacial score (nSPS) is 23.5. The smallest absolute Gasteiger partial charge is 0.238 e. The molecule has 1 aliphatic rings. The Morgan fingerprint density at radius 2 is 2.26 bits per heavy atom. The lowest BCUT2D eigenvalue weighted by Gasteiger charge is -2.22. The Labute approximate surface area is 118 Å². The highest BCUT2D eigenvalue weighted by Crippen LogP contribution is 2.28. The zero-order valence-corrected chi connectivity index (χ0v) is 11.9. The molecule has 0 aliphatic carbocycles. The highest BCUT2D eigenvalue weighted by molar-refractivity contribution is 6.33. The third-order valence-electron chi connectivity index (χ3n) is 3.64. The van der Waals surface area contributed by atoms with E-state index in [2.05, 4.69) is 17.1 Å². The summed E-state index contributed by atoms with van der Waals surface area (Å²) in [6, 6.07) is 7.25. The number of nitrogens with zero attached hydrogens (tertiary/aromatic N) is 1. The summed E-state index contributed by atoms with van der Waals surface area (Å²) in [6.07, 6.45) is 1.04. The van der Waals surface area contributed by atoms with Gasteiger partial charge in [0.15, 0.2) is 0 Å². The maximum atomic E-state index is 12.0. The molecule has 5 heteroatoms. The lowest BCUT2D eigenvalue weighted by Crippen LogP contribution is -2.35. The first-order valence-corrected chi connectivity index (χ1v) is 6.87. The highest BCUT2D eigenvalue weighted by atomic mass is 35.5. The molecule has 0 aromatic heterocycles. The van der Waals surface area contributed by atoms with Crippen molar-refractivity contribution in [1.29, 1.82) is 0 Å². The van der Waals surface area contributed by atoms with Crippen LogP contribution in [-0.2, 0) is 4.79 Å². The molecule has 1 heterocycles. The maximum Gasteiger partial charge on any atom is 0.238 e. The highest BCUT2D eigenvalue weighted by Gasteiger charge is 2.33. The van der Waals surface area contributed by atoms with Gasteiger partial charge in [0, 0.05) is 6.54 Å². The number of carbonyl (C=O) groups excluding carboxylic acids is 1. The molecule has 104 valence electrons. The quantitative estimate of drug-likeness (QED) is 0.887. The molecule has 1 aliphatic heterocycles. The average molecular weight is 282 g/mol. The van der Waals surface area contributed by atoms with Crippen LogP contribution < -0.4 is 11.1 Å². The van der Waals surface area contributed by atoms with Crippen LogP contribution in [0.4, 0.5) is 5.69 Å². The van der Waals surface area contributed by atoms with Gasteiger partial charge in [-0.3, -0.25) is 9.69 Å². The number of hydrogen-bond donors (Lipinski definition) is 2. The van der Waals surface area contributed by atoms with Crippen molar-refractivity contribution in [2.75, 3.05) is 31.5 Å². The molecule has 1 unspecified atom stereocenters. The second-order valence-corrected chi connectivity index (χ2v) is 5.91. The van der Waals surface area contributed by atoms with E-state index in [1.807, 2.05) is 12.1 Å². The minimum Gasteiger partial charge on any atom is -0.330 e.